The number of alkyl halides is 1. The van der Waals surface area contributed by atoms with Crippen LogP contribution in [0.5, 0.6) is 0 Å². The average molecular weight is 385 g/mol. The van der Waals surface area contributed by atoms with Crippen molar-refractivity contribution < 1.29 is 18.7 Å². The van der Waals surface area contributed by atoms with E-state index in [1.807, 2.05) is 60.7 Å². The van der Waals surface area contributed by atoms with Gasteiger partial charge in [0.15, 0.2) is 6.10 Å². The second-order valence-corrected chi connectivity index (χ2v) is 8.18. The van der Waals surface area contributed by atoms with Gasteiger partial charge in [-0.05, 0) is 11.1 Å². The van der Waals surface area contributed by atoms with Crippen LogP contribution in [-0.4, -0.2) is 41.1 Å². The summed E-state index contributed by atoms with van der Waals surface area (Å²) in [4.78, 5) is 26.5. The molecule has 2 saturated heterocycles. The molecule has 0 aromatic heterocycles. The van der Waals surface area contributed by atoms with Crippen LogP contribution in [0.3, 0.4) is 0 Å². The monoisotopic (exact) mass is 385 g/mol. The number of amides is 1. The lowest BCUT2D eigenvalue weighted by atomic mass is 9.89. The first-order valence-electron chi connectivity index (χ1n) is 8.91. The number of thioether (sulfide) groups is 1. The number of β-lactam (4-membered cyclic amide) rings is 1. The number of hydrogen-bond acceptors (Lipinski definition) is 4. The second-order valence-electron chi connectivity index (χ2n) is 7.01. The van der Waals surface area contributed by atoms with Crippen LogP contribution in [0.25, 0.3) is 0 Å². The van der Waals surface area contributed by atoms with E-state index in [9.17, 15) is 14.0 Å². The molecule has 2 aliphatic rings. The van der Waals surface area contributed by atoms with E-state index in [-0.39, 0.29) is 17.8 Å². The van der Waals surface area contributed by atoms with Gasteiger partial charge in [0.25, 0.3) is 0 Å². The first kappa shape index (κ1) is 18.0. The van der Waals surface area contributed by atoms with Crippen molar-refractivity contribution in [3.8, 4) is 0 Å². The molecule has 0 spiro atoms. The molecule has 1 amide bonds. The van der Waals surface area contributed by atoms with Gasteiger partial charge in [0.05, 0.1) is 11.8 Å². The maximum atomic E-state index is 14.0. The number of benzene rings is 2. The number of halogens is 1. The molecule has 0 aliphatic carbocycles. The first-order chi connectivity index (χ1) is 13.1. The van der Waals surface area contributed by atoms with E-state index in [4.69, 9.17) is 4.74 Å². The summed E-state index contributed by atoms with van der Waals surface area (Å²) >= 11 is 1.46. The van der Waals surface area contributed by atoms with Crippen molar-refractivity contribution in [1.82, 2.24) is 4.90 Å². The van der Waals surface area contributed by atoms with Crippen molar-refractivity contribution in [2.75, 3.05) is 19.0 Å². The standard InChI is InChI=1S/C21H20FNO3S/c22-12-21(13-23-17(24)11-18(23)27-14-21)20(25)26-19(15-7-3-1-4-8-15)16-9-5-2-6-10-16/h1-10,18-19H,11-14H2/t18-,21?/m1/s1. The third-order valence-electron chi connectivity index (χ3n) is 5.16. The third-order valence-corrected chi connectivity index (χ3v) is 6.69. The highest BCUT2D eigenvalue weighted by molar-refractivity contribution is 8.00. The van der Waals surface area contributed by atoms with Crippen molar-refractivity contribution >= 4 is 23.6 Å². The second kappa shape index (κ2) is 7.35. The average Bonchev–Trinajstić information content (AvgIpc) is 2.72. The molecule has 0 bridgehead atoms. The molecule has 2 atom stereocenters. The lowest BCUT2D eigenvalue weighted by Gasteiger charge is -2.49. The molecule has 2 aliphatic heterocycles. The SMILES string of the molecule is O=C1C[C@H]2SCC(CF)(C(=O)OC(c3ccccc3)c3ccccc3)CN12. The number of carbonyl (C=O) groups excluding carboxylic acids is 2. The fraction of sp³-hybridized carbons (Fsp3) is 0.333. The summed E-state index contributed by atoms with van der Waals surface area (Å²) in [5, 5.41) is 0.0732. The van der Waals surface area contributed by atoms with E-state index in [0.717, 1.165) is 11.1 Å². The van der Waals surface area contributed by atoms with Gasteiger partial charge in [0, 0.05) is 12.3 Å². The molecule has 2 heterocycles. The molecule has 2 aromatic rings. The maximum Gasteiger partial charge on any atom is 0.318 e. The lowest BCUT2D eigenvalue weighted by Crippen LogP contribution is -2.62. The maximum absolute atomic E-state index is 14.0. The molecular formula is C21H20FNO3S. The van der Waals surface area contributed by atoms with Crippen LogP contribution < -0.4 is 0 Å². The Morgan fingerprint density at radius 1 is 1.15 bits per heavy atom. The molecule has 4 rings (SSSR count). The molecule has 6 heteroatoms. The minimum absolute atomic E-state index is 0.0273. The largest absolute Gasteiger partial charge is 0.452 e. The van der Waals surface area contributed by atoms with Gasteiger partial charge in [-0.3, -0.25) is 9.59 Å². The Morgan fingerprint density at radius 2 is 1.74 bits per heavy atom. The van der Waals surface area contributed by atoms with Crippen molar-refractivity contribution in [3.05, 3.63) is 71.8 Å². The number of carbonyl (C=O) groups is 2. The molecular weight excluding hydrogens is 365 g/mol. The quantitative estimate of drug-likeness (QED) is 0.583. The van der Waals surface area contributed by atoms with Crippen molar-refractivity contribution in [3.63, 3.8) is 0 Å². The minimum Gasteiger partial charge on any atom is -0.452 e. The Labute approximate surface area is 161 Å². The number of esters is 1. The molecule has 0 N–H and O–H groups in total. The van der Waals surface area contributed by atoms with Gasteiger partial charge in [0.2, 0.25) is 5.91 Å². The van der Waals surface area contributed by atoms with Crippen LogP contribution >= 0.6 is 11.8 Å². The smallest absolute Gasteiger partial charge is 0.318 e. The molecule has 0 radical (unpaired) electrons. The summed E-state index contributed by atoms with van der Waals surface area (Å²) in [6, 6.07) is 18.8. The van der Waals surface area contributed by atoms with Crippen molar-refractivity contribution in [1.29, 1.82) is 0 Å². The Kier molecular flexibility index (Phi) is 4.91. The van der Waals surface area contributed by atoms with Crippen LogP contribution in [0.15, 0.2) is 60.7 Å². The summed E-state index contributed by atoms with van der Waals surface area (Å²) in [6.07, 6.45) is -0.142. The zero-order valence-corrected chi connectivity index (χ0v) is 15.5. The van der Waals surface area contributed by atoms with Crippen molar-refractivity contribution in [2.45, 2.75) is 17.9 Å². The Hall–Kier alpha value is -2.34. The van der Waals surface area contributed by atoms with E-state index in [2.05, 4.69) is 0 Å². The van der Waals surface area contributed by atoms with Crippen LogP contribution in [0, 0.1) is 5.41 Å². The first-order valence-corrected chi connectivity index (χ1v) is 9.96. The summed E-state index contributed by atoms with van der Waals surface area (Å²) in [5.41, 5.74) is 0.346. The Morgan fingerprint density at radius 3 is 2.26 bits per heavy atom. The van der Waals surface area contributed by atoms with Gasteiger partial charge in [-0.15, -0.1) is 11.8 Å². The number of rotatable bonds is 5. The van der Waals surface area contributed by atoms with E-state index in [0.29, 0.717) is 12.2 Å². The van der Waals surface area contributed by atoms with Gasteiger partial charge >= 0.3 is 5.97 Å². The molecule has 2 fully saturated rings. The fourth-order valence-corrected chi connectivity index (χ4v) is 4.90. The van der Waals surface area contributed by atoms with Gasteiger partial charge in [-0.1, -0.05) is 60.7 Å². The molecule has 4 nitrogen and oxygen atoms in total. The summed E-state index contributed by atoms with van der Waals surface area (Å²) < 4.78 is 19.9. The molecule has 140 valence electrons. The lowest BCUT2D eigenvalue weighted by molar-refractivity contribution is -0.164. The minimum atomic E-state index is -1.31. The predicted octanol–water partition coefficient (Wildman–Crippen LogP) is 3.58. The zero-order valence-electron chi connectivity index (χ0n) is 14.7. The van der Waals surface area contributed by atoms with Gasteiger partial charge in [-0.25, -0.2) is 4.39 Å². The molecule has 1 unspecified atom stereocenters. The van der Waals surface area contributed by atoms with E-state index >= 15 is 0 Å². The molecule has 2 aromatic carbocycles. The summed E-state index contributed by atoms with van der Waals surface area (Å²) in [6.45, 7) is -0.749. The number of fused-ring (bicyclic) bond motifs is 1. The van der Waals surface area contributed by atoms with Gasteiger partial charge in [-0.2, -0.15) is 0 Å². The van der Waals surface area contributed by atoms with E-state index in [1.165, 1.54) is 11.8 Å². The zero-order chi connectivity index (χ0) is 18.9. The summed E-state index contributed by atoms with van der Waals surface area (Å²) in [7, 11) is 0. The molecule has 0 saturated carbocycles. The topological polar surface area (TPSA) is 46.6 Å². The normalized spacial score (nSPS) is 24.3. The number of hydrogen-bond donors (Lipinski definition) is 0. The van der Waals surface area contributed by atoms with Crippen molar-refractivity contribution in [2.24, 2.45) is 5.41 Å². The predicted molar refractivity (Wildman–Crippen MR) is 102 cm³/mol. The van der Waals surface area contributed by atoms with Crippen LogP contribution in [0.1, 0.15) is 23.7 Å². The Balaban J connectivity index is 1.60. The third kappa shape index (κ3) is 3.34. The fourth-order valence-electron chi connectivity index (χ4n) is 3.47. The highest BCUT2D eigenvalue weighted by Gasteiger charge is 2.53. The van der Waals surface area contributed by atoms with E-state index < -0.39 is 24.2 Å². The van der Waals surface area contributed by atoms with Gasteiger partial charge in [0.1, 0.15) is 12.1 Å². The summed E-state index contributed by atoms with van der Waals surface area (Å²) in [5.74, 6) is -0.290. The molecule has 27 heavy (non-hydrogen) atoms. The number of ether oxygens (including phenoxy) is 1. The van der Waals surface area contributed by atoms with Crippen LogP contribution in [0.2, 0.25) is 0 Å². The highest BCUT2D eigenvalue weighted by atomic mass is 32.2. The number of nitrogens with zero attached hydrogens (tertiary/aromatic N) is 1. The van der Waals surface area contributed by atoms with E-state index in [1.54, 1.807) is 4.90 Å². The van der Waals surface area contributed by atoms with Crippen LogP contribution in [-0.2, 0) is 14.3 Å². The van der Waals surface area contributed by atoms with Gasteiger partial charge < -0.3 is 9.64 Å². The highest BCUT2D eigenvalue weighted by Crippen LogP contribution is 2.43. The Bertz CT molecular complexity index is 792. The van der Waals surface area contributed by atoms with Crippen LogP contribution in [0.4, 0.5) is 4.39 Å².